The number of thioether (sulfide) groups is 1. The number of para-hydroxylation sites is 1. The number of nitrogens with one attached hydrogen (secondary N) is 2. The third kappa shape index (κ3) is 4.06. The highest BCUT2D eigenvalue weighted by Crippen LogP contribution is 2.25. The Balaban J connectivity index is 1.67. The van der Waals surface area contributed by atoms with Crippen molar-refractivity contribution in [2.45, 2.75) is 12.1 Å². The zero-order chi connectivity index (χ0) is 18.5. The van der Waals surface area contributed by atoms with Gasteiger partial charge < -0.3 is 15.2 Å². The van der Waals surface area contributed by atoms with E-state index in [0.717, 1.165) is 5.69 Å². The maximum atomic E-state index is 12.0. The second-order valence-corrected chi connectivity index (χ2v) is 6.15. The predicted octanol–water partition coefficient (Wildman–Crippen LogP) is 1.55. The minimum atomic E-state index is -0.309. The molecule has 2 N–H and O–H groups in total. The number of carbonyl (C=O) groups is 2. The molecule has 0 fully saturated rings. The van der Waals surface area contributed by atoms with Crippen molar-refractivity contribution in [2.24, 2.45) is 7.05 Å². The minimum absolute atomic E-state index is 0.159. The summed E-state index contributed by atoms with van der Waals surface area (Å²) in [5, 5.41) is 21.3. The van der Waals surface area contributed by atoms with Gasteiger partial charge in [-0.1, -0.05) is 30.0 Å². The predicted molar refractivity (Wildman–Crippen MR) is 94.4 cm³/mol. The third-order valence-electron chi connectivity index (χ3n) is 3.22. The summed E-state index contributed by atoms with van der Waals surface area (Å²) in [6.45, 7) is 1.35. The summed E-state index contributed by atoms with van der Waals surface area (Å²) in [5.74, 6) is 0.215. The molecule has 10 nitrogen and oxygen atoms in total. The molecule has 2 heterocycles. The standard InChI is InChI=1S/C15H15N7O3S/c1-9(23)16-13-12(20-25-21-13)14-18-19-15(22(14)2)26-8-11(24)17-10-6-4-3-5-7-10/h3-7H,8H2,1-2H3,(H,17,24)(H,16,21,23). The van der Waals surface area contributed by atoms with Crippen molar-refractivity contribution in [1.29, 1.82) is 0 Å². The van der Waals surface area contributed by atoms with Gasteiger partial charge in [-0.05, 0) is 22.4 Å². The lowest BCUT2D eigenvalue weighted by molar-refractivity contribution is -0.114. The molecular formula is C15H15N7O3S. The van der Waals surface area contributed by atoms with Gasteiger partial charge in [0.15, 0.2) is 16.7 Å². The summed E-state index contributed by atoms with van der Waals surface area (Å²) in [7, 11) is 1.72. The molecule has 0 atom stereocenters. The van der Waals surface area contributed by atoms with Gasteiger partial charge in [0.1, 0.15) is 0 Å². The average molecular weight is 373 g/mol. The highest BCUT2D eigenvalue weighted by molar-refractivity contribution is 7.99. The Bertz CT molecular complexity index is 922. The highest BCUT2D eigenvalue weighted by atomic mass is 32.2. The molecule has 11 heteroatoms. The SMILES string of the molecule is CC(=O)Nc1nonc1-c1nnc(SCC(=O)Nc2ccccc2)n1C. The number of carbonyl (C=O) groups excluding carboxylic acids is 2. The average Bonchev–Trinajstić information content (AvgIpc) is 3.19. The maximum Gasteiger partial charge on any atom is 0.234 e. The fourth-order valence-electron chi connectivity index (χ4n) is 2.08. The maximum absolute atomic E-state index is 12.0. The van der Waals surface area contributed by atoms with Crippen LogP contribution in [-0.4, -0.2) is 42.6 Å². The first-order valence-electron chi connectivity index (χ1n) is 7.52. The van der Waals surface area contributed by atoms with Crippen molar-refractivity contribution in [3.05, 3.63) is 30.3 Å². The molecule has 0 spiro atoms. The molecule has 0 radical (unpaired) electrons. The fourth-order valence-corrected chi connectivity index (χ4v) is 2.79. The van der Waals surface area contributed by atoms with Crippen molar-refractivity contribution in [2.75, 3.05) is 16.4 Å². The van der Waals surface area contributed by atoms with Crippen LogP contribution in [0.4, 0.5) is 11.5 Å². The quantitative estimate of drug-likeness (QED) is 0.623. The van der Waals surface area contributed by atoms with E-state index >= 15 is 0 Å². The Labute approximate surface area is 152 Å². The first-order valence-corrected chi connectivity index (χ1v) is 8.50. The van der Waals surface area contributed by atoms with Gasteiger partial charge in [0, 0.05) is 19.7 Å². The van der Waals surface area contributed by atoms with Gasteiger partial charge in [-0.3, -0.25) is 9.59 Å². The first kappa shape index (κ1) is 17.6. The summed E-state index contributed by atoms with van der Waals surface area (Å²) in [4.78, 5) is 23.2. The second-order valence-electron chi connectivity index (χ2n) is 5.21. The Morgan fingerprint density at radius 2 is 1.92 bits per heavy atom. The van der Waals surface area contributed by atoms with Crippen LogP contribution in [0.3, 0.4) is 0 Å². The van der Waals surface area contributed by atoms with Gasteiger partial charge >= 0.3 is 0 Å². The van der Waals surface area contributed by atoms with Crippen LogP contribution >= 0.6 is 11.8 Å². The van der Waals surface area contributed by atoms with Crippen LogP contribution in [0.25, 0.3) is 11.5 Å². The van der Waals surface area contributed by atoms with Crippen LogP contribution in [0.2, 0.25) is 0 Å². The van der Waals surface area contributed by atoms with E-state index in [1.807, 2.05) is 30.3 Å². The normalized spacial score (nSPS) is 10.5. The number of nitrogens with zero attached hydrogens (tertiary/aromatic N) is 5. The van der Waals surface area contributed by atoms with Crippen LogP contribution in [0, 0.1) is 0 Å². The van der Waals surface area contributed by atoms with E-state index in [4.69, 9.17) is 0 Å². The number of anilines is 2. The van der Waals surface area contributed by atoms with E-state index in [2.05, 4.69) is 35.8 Å². The molecule has 0 saturated heterocycles. The lowest BCUT2D eigenvalue weighted by Gasteiger charge is -2.05. The zero-order valence-electron chi connectivity index (χ0n) is 14.0. The van der Waals surface area contributed by atoms with Gasteiger partial charge in [0.25, 0.3) is 0 Å². The molecule has 2 aromatic heterocycles. The highest BCUT2D eigenvalue weighted by Gasteiger charge is 2.21. The molecule has 0 aliphatic carbocycles. The Kier molecular flexibility index (Phi) is 5.27. The minimum Gasteiger partial charge on any atom is -0.325 e. The zero-order valence-corrected chi connectivity index (χ0v) is 14.8. The smallest absolute Gasteiger partial charge is 0.234 e. The van der Waals surface area contributed by atoms with E-state index in [-0.39, 0.29) is 29.1 Å². The van der Waals surface area contributed by atoms with E-state index in [9.17, 15) is 9.59 Å². The van der Waals surface area contributed by atoms with Crippen LogP contribution in [-0.2, 0) is 16.6 Å². The lowest BCUT2D eigenvalue weighted by Crippen LogP contribution is -2.14. The summed E-state index contributed by atoms with van der Waals surface area (Å²) in [6, 6.07) is 9.18. The Morgan fingerprint density at radius 1 is 1.15 bits per heavy atom. The molecule has 1 aromatic carbocycles. The van der Waals surface area contributed by atoms with E-state index < -0.39 is 0 Å². The topological polar surface area (TPSA) is 128 Å². The largest absolute Gasteiger partial charge is 0.325 e. The van der Waals surface area contributed by atoms with Gasteiger partial charge in [-0.25, -0.2) is 4.63 Å². The van der Waals surface area contributed by atoms with E-state index in [0.29, 0.717) is 11.0 Å². The summed E-state index contributed by atoms with van der Waals surface area (Å²) in [6.07, 6.45) is 0. The fraction of sp³-hybridized carbons (Fsp3) is 0.200. The lowest BCUT2D eigenvalue weighted by atomic mass is 10.3. The summed E-state index contributed by atoms with van der Waals surface area (Å²) in [5.41, 5.74) is 0.987. The second kappa shape index (κ2) is 7.78. The van der Waals surface area contributed by atoms with Crippen molar-refractivity contribution < 1.29 is 14.2 Å². The van der Waals surface area contributed by atoms with Gasteiger partial charge in [0.2, 0.25) is 17.6 Å². The van der Waals surface area contributed by atoms with Crippen LogP contribution in [0.15, 0.2) is 40.1 Å². The Hall–Kier alpha value is -3.21. The molecule has 26 heavy (non-hydrogen) atoms. The molecule has 2 amide bonds. The van der Waals surface area contributed by atoms with Gasteiger partial charge in [-0.2, -0.15) is 0 Å². The molecule has 0 aliphatic rings. The first-order chi connectivity index (χ1) is 12.5. The van der Waals surface area contributed by atoms with Gasteiger partial charge in [-0.15, -0.1) is 10.2 Å². The van der Waals surface area contributed by atoms with E-state index in [1.165, 1.54) is 18.7 Å². The van der Waals surface area contributed by atoms with Crippen molar-refractivity contribution in [3.8, 4) is 11.5 Å². The van der Waals surface area contributed by atoms with E-state index in [1.54, 1.807) is 11.6 Å². The number of benzene rings is 1. The van der Waals surface area contributed by atoms with Crippen molar-refractivity contribution >= 4 is 35.1 Å². The molecule has 3 aromatic rings. The van der Waals surface area contributed by atoms with Gasteiger partial charge in [0.05, 0.1) is 5.75 Å². The summed E-state index contributed by atoms with van der Waals surface area (Å²) < 4.78 is 6.31. The molecule has 3 rings (SSSR count). The molecule has 134 valence electrons. The van der Waals surface area contributed by atoms with Crippen LogP contribution in [0.1, 0.15) is 6.92 Å². The third-order valence-corrected chi connectivity index (χ3v) is 4.24. The molecule has 0 aliphatic heterocycles. The number of rotatable bonds is 6. The monoisotopic (exact) mass is 373 g/mol. The number of amides is 2. The van der Waals surface area contributed by atoms with Crippen LogP contribution < -0.4 is 10.6 Å². The summed E-state index contributed by atoms with van der Waals surface area (Å²) >= 11 is 1.22. The molecule has 0 unspecified atom stereocenters. The van der Waals surface area contributed by atoms with Crippen molar-refractivity contribution in [3.63, 3.8) is 0 Å². The number of hydrogen-bond acceptors (Lipinski definition) is 8. The Morgan fingerprint density at radius 3 is 2.65 bits per heavy atom. The molecule has 0 saturated carbocycles. The van der Waals surface area contributed by atoms with Crippen molar-refractivity contribution in [1.82, 2.24) is 25.1 Å². The molecule has 0 bridgehead atoms. The number of hydrogen-bond donors (Lipinski definition) is 2. The van der Waals surface area contributed by atoms with Crippen LogP contribution in [0.5, 0.6) is 0 Å². The number of aromatic nitrogens is 5. The molecular weight excluding hydrogens is 358 g/mol.